The van der Waals surface area contributed by atoms with E-state index in [-0.39, 0.29) is 5.12 Å². The summed E-state index contributed by atoms with van der Waals surface area (Å²) in [4.78, 5) is 11.3. The van der Waals surface area contributed by atoms with Crippen molar-refractivity contribution in [3.8, 4) is 0 Å². The van der Waals surface area contributed by atoms with Crippen LogP contribution in [0.25, 0.3) is 0 Å². The summed E-state index contributed by atoms with van der Waals surface area (Å²) in [6, 6.07) is 0. The highest BCUT2D eigenvalue weighted by Gasteiger charge is 2.06. The molecule has 0 aliphatic heterocycles. The average Bonchev–Trinajstić information content (AvgIpc) is 2.72. The van der Waals surface area contributed by atoms with Crippen molar-refractivity contribution in [1.82, 2.24) is 10.2 Å². The highest BCUT2D eigenvalue weighted by Crippen LogP contribution is 2.28. The van der Waals surface area contributed by atoms with Gasteiger partial charge in [0.05, 0.1) is 0 Å². The van der Waals surface area contributed by atoms with Crippen molar-refractivity contribution in [3.63, 3.8) is 0 Å². The normalized spacial score (nSPS) is 10.5. The number of hydrogen-bond donors (Lipinski definition) is 0. The molecule has 0 unspecified atom stereocenters. The summed E-state index contributed by atoms with van der Waals surface area (Å²) in [5.74, 6) is 2.67. The maximum atomic E-state index is 11.3. The van der Waals surface area contributed by atoms with Crippen LogP contribution in [0.4, 0.5) is 0 Å². The SMILES string of the molecule is C=C(C)C(=O)SCCSc1nnc(SCC)s1. The number of rotatable bonds is 7. The molecular weight excluding hydrogens is 292 g/mol. The van der Waals surface area contributed by atoms with Gasteiger partial charge in [0.25, 0.3) is 0 Å². The first-order chi connectivity index (χ1) is 8.13. The fraction of sp³-hybridized carbons (Fsp3) is 0.500. The molecule has 1 heterocycles. The number of nitrogens with zero attached hydrogens (tertiary/aromatic N) is 2. The average molecular weight is 307 g/mol. The lowest BCUT2D eigenvalue weighted by Crippen LogP contribution is -1.95. The molecule has 17 heavy (non-hydrogen) atoms. The van der Waals surface area contributed by atoms with Gasteiger partial charge in [-0.05, 0) is 18.2 Å². The quantitative estimate of drug-likeness (QED) is 0.436. The molecule has 1 aromatic heterocycles. The van der Waals surface area contributed by atoms with Gasteiger partial charge in [-0.2, -0.15) is 0 Å². The van der Waals surface area contributed by atoms with E-state index >= 15 is 0 Å². The predicted octanol–water partition coefficient (Wildman–Crippen LogP) is 3.58. The molecule has 7 heteroatoms. The standard InChI is InChI=1S/C10H14N2OS4/c1-4-14-9-11-12-10(17-9)16-6-5-15-8(13)7(2)3/h2,4-6H2,1,3H3. The summed E-state index contributed by atoms with van der Waals surface area (Å²) < 4.78 is 1.99. The fourth-order valence-corrected chi connectivity index (χ4v) is 4.56. The van der Waals surface area contributed by atoms with Gasteiger partial charge in [0.15, 0.2) is 8.68 Å². The molecule has 0 saturated heterocycles. The lowest BCUT2D eigenvalue weighted by molar-refractivity contribution is -0.107. The van der Waals surface area contributed by atoms with Crippen LogP contribution in [0.3, 0.4) is 0 Å². The number of carbonyl (C=O) groups is 1. The molecule has 0 fully saturated rings. The summed E-state index contributed by atoms with van der Waals surface area (Å²) in [5, 5.41) is 8.23. The van der Waals surface area contributed by atoms with Crippen LogP contribution in [0.15, 0.2) is 20.8 Å². The van der Waals surface area contributed by atoms with Crippen LogP contribution < -0.4 is 0 Å². The third-order valence-corrected chi connectivity index (χ3v) is 5.90. The maximum absolute atomic E-state index is 11.3. The molecule has 0 bridgehead atoms. The van der Waals surface area contributed by atoms with Crippen molar-refractivity contribution in [2.45, 2.75) is 22.5 Å². The van der Waals surface area contributed by atoms with E-state index < -0.39 is 0 Å². The highest BCUT2D eigenvalue weighted by molar-refractivity contribution is 8.14. The molecule has 0 aliphatic rings. The Hall–Kier alpha value is 0.0200. The molecule has 0 aromatic carbocycles. The zero-order valence-corrected chi connectivity index (χ0v) is 13.0. The van der Waals surface area contributed by atoms with Gasteiger partial charge in [-0.3, -0.25) is 4.79 Å². The van der Waals surface area contributed by atoms with Crippen LogP contribution in [-0.4, -0.2) is 32.6 Å². The van der Waals surface area contributed by atoms with Gasteiger partial charge in [0.2, 0.25) is 5.12 Å². The Morgan fingerprint density at radius 2 is 1.94 bits per heavy atom. The molecule has 0 radical (unpaired) electrons. The third-order valence-electron chi connectivity index (χ3n) is 1.55. The van der Waals surface area contributed by atoms with Crippen LogP contribution in [0.2, 0.25) is 0 Å². The fourth-order valence-electron chi connectivity index (χ4n) is 0.824. The van der Waals surface area contributed by atoms with Crippen LogP contribution in [-0.2, 0) is 4.79 Å². The zero-order chi connectivity index (χ0) is 12.7. The van der Waals surface area contributed by atoms with E-state index in [2.05, 4.69) is 23.7 Å². The Labute approximate surface area is 118 Å². The molecule has 94 valence electrons. The van der Waals surface area contributed by atoms with E-state index in [1.165, 1.54) is 11.8 Å². The van der Waals surface area contributed by atoms with Crippen molar-refractivity contribution >= 4 is 51.7 Å². The first-order valence-electron chi connectivity index (χ1n) is 5.05. The maximum Gasteiger partial charge on any atom is 0.214 e. The van der Waals surface area contributed by atoms with Crippen LogP contribution in [0.5, 0.6) is 0 Å². The van der Waals surface area contributed by atoms with Gasteiger partial charge >= 0.3 is 0 Å². The molecule has 1 aromatic rings. The molecule has 0 aliphatic carbocycles. The first-order valence-corrected chi connectivity index (χ1v) is 8.82. The molecule has 0 N–H and O–H groups in total. The topological polar surface area (TPSA) is 42.9 Å². The Morgan fingerprint density at radius 3 is 2.53 bits per heavy atom. The lowest BCUT2D eigenvalue weighted by atomic mass is 10.4. The molecule has 3 nitrogen and oxygen atoms in total. The molecule has 0 spiro atoms. The first kappa shape index (κ1) is 15.1. The van der Waals surface area contributed by atoms with Gasteiger partial charge < -0.3 is 0 Å². The molecular formula is C10H14N2OS4. The summed E-state index contributed by atoms with van der Waals surface area (Å²) in [5.41, 5.74) is 0.609. The summed E-state index contributed by atoms with van der Waals surface area (Å²) in [6.45, 7) is 7.45. The summed E-state index contributed by atoms with van der Waals surface area (Å²) in [6.07, 6.45) is 0. The Bertz CT molecular complexity index is 391. The highest BCUT2D eigenvalue weighted by atomic mass is 32.2. The number of carbonyl (C=O) groups excluding carboxylic acids is 1. The van der Waals surface area contributed by atoms with Gasteiger partial charge in [0.1, 0.15) is 0 Å². The Morgan fingerprint density at radius 1 is 1.29 bits per heavy atom. The predicted molar refractivity (Wildman–Crippen MR) is 79.3 cm³/mol. The summed E-state index contributed by atoms with van der Waals surface area (Å²) in [7, 11) is 0. The van der Waals surface area contributed by atoms with Crippen LogP contribution in [0, 0.1) is 0 Å². The monoisotopic (exact) mass is 306 g/mol. The zero-order valence-electron chi connectivity index (χ0n) is 9.76. The van der Waals surface area contributed by atoms with Gasteiger partial charge in [0, 0.05) is 11.5 Å². The second kappa shape index (κ2) is 8.18. The number of aromatic nitrogens is 2. The lowest BCUT2D eigenvalue weighted by Gasteiger charge is -1.97. The van der Waals surface area contributed by atoms with E-state index in [0.717, 1.165) is 25.9 Å². The third kappa shape index (κ3) is 5.94. The number of hydrogen-bond acceptors (Lipinski definition) is 7. The minimum Gasteiger partial charge on any atom is -0.282 e. The number of thioether (sulfide) groups is 3. The molecule has 0 atom stereocenters. The van der Waals surface area contributed by atoms with E-state index in [4.69, 9.17) is 0 Å². The van der Waals surface area contributed by atoms with E-state index in [9.17, 15) is 4.79 Å². The van der Waals surface area contributed by atoms with Crippen LogP contribution in [0.1, 0.15) is 13.8 Å². The van der Waals surface area contributed by atoms with Gasteiger partial charge in [-0.15, -0.1) is 10.2 Å². The largest absolute Gasteiger partial charge is 0.282 e. The van der Waals surface area contributed by atoms with Crippen molar-refractivity contribution in [3.05, 3.63) is 12.2 Å². The Kier molecular flexibility index (Phi) is 7.26. The van der Waals surface area contributed by atoms with E-state index in [1.54, 1.807) is 41.8 Å². The van der Waals surface area contributed by atoms with Crippen molar-refractivity contribution in [1.29, 1.82) is 0 Å². The van der Waals surface area contributed by atoms with E-state index in [1.807, 2.05) is 0 Å². The smallest absolute Gasteiger partial charge is 0.214 e. The van der Waals surface area contributed by atoms with Gasteiger partial charge in [-0.1, -0.05) is 60.1 Å². The van der Waals surface area contributed by atoms with Crippen molar-refractivity contribution in [2.24, 2.45) is 0 Å². The van der Waals surface area contributed by atoms with Gasteiger partial charge in [-0.25, -0.2) is 0 Å². The summed E-state index contributed by atoms with van der Waals surface area (Å²) >= 11 is 6.28. The molecule has 1 rings (SSSR count). The Balaban J connectivity index is 2.21. The minimum absolute atomic E-state index is 0.0742. The van der Waals surface area contributed by atoms with E-state index in [0.29, 0.717) is 5.57 Å². The molecule has 0 saturated carbocycles. The second-order valence-electron chi connectivity index (χ2n) is 3.03. The molecule has 0 amide bonds. The minimum atomic E-state index is 0.0742. The van der Waals surface area contributed by atoms with Crippen molar-refractivity contribution in [2.75, 3.05) is 17.3 Å². The van der Waals surface area contributed by atoms with Crippen LogP contribution >= 0.6 is 46.6 Å². The van der Waals surface area contributed by atoms with Crippen molar-refractivity contribution < 1.29 is 4.79 Å². The second-order valence-corrected chi connectivity index (χ2v) is 7.93.